The number of likely N-dealkylation sites (tertiary alicyclic amines) is 1. The van der Waals surface area contributed by atoms with Gasteiger partial charge in [-0.15, -0.1) is 0 Å². The molecule has 1 atom stereocenters. The number of rotatable bonds is 5. The minimum atomic E-state index is 0.476. The molecule has 0 bridgehead atoms. The topological polar surface area (TPSA) is 63.5 Å². The van der Waals surface area contributed by atoms with Crippen LogP contribution in [0, 0.1) is 11.3 Å². The summed E-state index contributed by atoms with van der Waals surface area (Å²) in [5, 5.41) is 16.0. The third-order valence-electron chi connectivity index (χ3n) is 5.22. The smallest absolute Gasteiger partial charge is 0.191 e. The van der Waals surface area contributed by atoms with Crippen LogP contribution in [-0.2, 0) is 6.54 Å². The first-order valence-corrected chi connectivity index (χ1v) is 9.56. The van der Waals surface area contributed by atoms with E-state index in [1.807, 2.05) is 24.3 Å². The van der Waals surface area contributed by atoms with Crippen molar-refractivity contribution >= 4 is 5.96 Å². The molecule has 2 N–H and O–H groups in total. The van der Waals surface area contributed by atoms with E-state index in [1.165, 1.54) is 38.6 Å². The van der Waals surface area contributed by atoms with Crippen molar-refractivity contribution in [3.63, 3.8) is 0 Å². The Morgan fingerprint density at radius 2 is 2.16 bits per heavy atom. The van der Waals surface area contributed by atoms with Gasteiger partial charge in [0.1, 0.15) is 0 Å². The highest BCUT2D eigenvalue weighted by molar-refractivity contribution is 5.80. The summed E-state index contributed by atoms with van der Waals surface area (Å²) in [6.07, 6.45) is 6.72. The third-order valence-corrected chi connectivity index (χ3v) is 5.22. The van der Waals surface area contributed by atoms with Crippen molar-refractivity contribution in [2.75, 3.05) is 19.6 Å². The van der Waals surface area contributed by atoms with Gasteiger partial charge in [0.05, 0.1) is 18.2 Å². The van der Waals surface area contributed by atoms with Gasteiger partial charge >= 0.3 is 0 Å². The number of nitriles is 1. The van der Waals surface area contributed by atoms with Crippen LogP contribution in [0.1, 0.15) is 50.2 Å². The van der Waals surface area contributed by atoms with E-state index >= 15 is 0 Å². The van der Waals surface area contributed by atoms with Crippen LogP contribution in [-0.4, -0.2) is 42.6 Å². The number of nitrogens with one attached hydrogen (secondary N) is 2. The van der Waals surface area contributed by atoms with Crippen molar-refractivity contribution in [2.24, 2.45) is 4.99 Å². The van der Waals surface area contributed by atoms with Crippen molar-refractivity contribution in [3.05, 3.63) is 35.4 Å². The lowest BCUT2D eigenvalue weighted by atomic mass is 10.1. The largest absolute Gasteiger partial charge is 0.357 e. The number of aliphatic imine (C=N–C) groups is 1. The molecule has 1 aromatic carbocycles. The maximum absolute atomic E-state index is 9.01. The van der Waals surface area contributed by atoms with Gasteiger partial charge in [-0.25, -0.2) is 4.99 Å². The highest BCUT2D eigenvalue weighted by Crippen LogP contribution is 2.26. The Hall–Kier alpha value is -2.06. The lowest BCUT2D eigenvalue weighted by molar-refractivity contribution is 0.242. The summed E-state index contributed by atoms with van der Waals surface area (Å²) in [7, 11) is 0. The fourth-order valence-corrected chi connectivity index (χ4v) is 3.93. The van der Waals surface area contributed by atoms with Crippen LogP contribution in [0.2, 0.25) is 0 Å². The van der Waals surface area contributed by atoms with Gasteiger partial charge in [-0.1, -0.05) is 25.0 Å². The summed E-state index contributed by atoms with van der Waals surface area (Å²) in [5.74, 6) is 0.878. The van der Waals surface area contributed by atoms with E-state index in [-0.39, 0.29) is 0 Å². The van der Waals surface area contributed by atoms with Gasteiger partial charge in [0.2, 0.25) is 0 Å². The molecule has 1 saturated heterocycles. The molecule has 3 rings (SSSR count). The molecule has 5 heteroatoms. The molecule has 0 radical (unpaired) electrons. The summed E-state index contributed by atoms with van der Waals surface area (Å²) >= 11 is 0. The van der Waals surface area contributed by atoms with E-state index in [0.717, 1.165) is 30.7 Å². The van der Waals surface area contributed by atoms with Gasteiger partial charge < -0.3 is 10.6 Å². The number of nitrogens with zero attached hydrogens (tertiary/aromatic N) is 3. The Balaban J connectivity index is 1.56. The SMILES string of the molecule is CCNC(=NCc1cccc(C#N)c1)NC1CCN(C2CCCC2)C1. The number of hydrogen-bond donors (Lipinski definition) is 2. The normalized spacial score (nSPS) is 22.1. The molecule has 1 aliphatic heterocycles. The van der Waals surface area contributed by atoms with Crippen LogP contribution < -0.4 is 10.6 Å². The molecule has 1 aliphatic carbocycles. The zero-order chi connectivity index (χ0) is 17.5. The molecule has 0 spiro atoms. The van der Waals surface area contributed by atoms with Crippen molar-refractivity contribution < 1.29 is 0 Å². The quantitative estimate of drug-likeness (QED) is 0.639. The van der Waals surface area contributed by atoms with Crippen LogP contribution in [0.25, 0.3) is 0 Å². The molecule has 1 aromatic rings. The summed E-state index contributed by atoms with van der Waals surface area (Å²) in [5.41, 5.74) is 1.75. The standard InChI is InChI=1S/C20H29N5/c1-2-22-20(23-14-17-7-5-6-16(12-17)13-21)24-18-10-11-25(15-18)19-8-3-4-9-19/h5-7,12,18-19H,2-4,8-11,14-15H2,1H3,(H2,22,23,24). The van der Waals surface area contributed by atoms with Crippen molar-refractivity contribution in [1.82, 2.24) is 15.5 Å². The average molecular weight is 339 g/mol. The average Bonchev–Trinajstić information content (AvgIpc) is 3.31. The minimum absolute atomic E-state index is 0.476. The van der Waals surface area contributed by atoms with E-state index in [9.17, 15) is 0 Å². The Labute approximate surface area is 151 Å². The Kier molecular flexibility index (Phi) is 6.30. The first-order valence-electron chi connectivity index (χ1n) is 9.56. The summed E-state index contributed by atoms with van der Waals surface area (Å²) in [4.78, 5) is 7.37. The highest BCUT2D eigenvalue weighted by atomic mass is 15.3. The number of benzene rings is 1. The number of guanidine groups is 1. The molecule has 0 amide bonds. The Bertz CT molecular complexity index is 627. The van der Waals surface area contributed by atoms with E-state index in [0.29, 0.717) is 18.2 Å². The van der Waals surface area contributed by atoms with Crippen LogP contribution in [0.4, 0.5) is 0 Å². The number of hydrogen-bond acceptors (Lipinski definition) is 3. The molecule has 0 aromatic heterocycles. The molecule has 5 nitrogen and oxygen atoms in total. The highest BCUT2D eigenvalue weighted by Gasteiger charge is 2.30. The predicted octanol–water partition coefficient (Wildman–Crippen LogP) is 2.63. The molecule has 1 saturated carbocycles. The molecule has 1 heterocycles. The molecular weight excluding hydrogens is 310 g/mol. The summed E-state index contributed by atoms with van der Waals surface area (Å²) < 4.78 is 0. The Morgan fingerprint density at radius 3 is 2.92 bits per heavy atom. The van der Waals surface area contributed by atoms with Gasteiger partial charge in [0.15, 0.2) is 5.96 Å². The molecule has 2 aliphatic rings. The second-order valence-corrected chi connectivity index (χ2v) is 7.07. The van der Waals surface area contributed by atoms with Crippen LogP contribution in [0.15, 0.2) is 29.3 Å². The second-order valence-electron chi connectivity index (χ2n) is 7.07. The summed E-state index contributed by atoms with van der Waals surface area (Å²) in [6, 6.07) is 11.1. The lowest BCUT2D eigenvalue weighted by Gasteiger charge is -2.24. The fourth-order valence-electron chi connectivity index (χ4n) is 3.93. The molecule has 1 unspecified atom stereocenters. The van der Waals surface area contributed by atoms with E-state index in [4.69, 9.17) is 10.3 Å². The van der Waals surface area contributed by atoms with Crippen molar-refractivity contribution in [1.29, 1.82) is 5.26 Å². The minimum Gasteiger partial charge on any atom is -0.357 e. The van der Waals surface area contributed by atoms with Gasteiger partial charge in [-0.3, -0.25) is 4.90 Å². The summed E-state index contributed by atoms with van der Waals surface area (Å²) in [6.45, 7) is 5.85. The predicted molar refractivity (Wildman–Crippen MR) is 101 cm³/mol. The van der Waals surface area contributed by atoms with E-state index in [2.05, 4.69) is 28.5 Å². The van der Waals surface area contributed by atoms with Gasteiger partial charge in [0, 0.05) is 31.7 Å². The van der Waals surface area contributed by atoms with Gasteiger partial charge in [-0.2, -0.15) is 5.26 Å². The van der Waals surface area contributed by atoms with Crippen molar-refractivity contribution in [3.8, 4) is 6.07 Å². The van der Waals surface area contributed by atoms with Crippen LogP contribution in [0.5, 0.6) is 0 Å². The second kappa shape index (κ2) is 8.87. The van der Waals surface area contributed by atoms with E-state index < -0.39 is 0 Å². The van der Waals surface area contributed by atoms with Crippen LogP contribution >= 0.6 is 0 Å². The zero-order valence-corrected chi connectivity index (χ0v) is 15.2. The third kappa shape index (κ3) is 4.96. The first kappa shape index (κ1) is 17.8. The van der Waals surface area contributed by atoms with Gasteiger partial charge in [-0.05, 0) is 43.9 Å². The first-order chi connectivity index (χ1) is 12.3. The molecule has 134 valence electrons. The van der Waals surface area contributed by atoms with Crippen molar-refractivity contribution in [2.45, 2.75) is 57.7 Å². The van der Waals surface area contributed by atoms with E-state index in [1.54, 1.807) is 0 Å². The zero-order valence-electron chi connectivity index (χ0n) is 15.2. The maximum Gasteiger partial charge on any atom is 0.191 e. The van der Waals surface area contributed by atoms with Crippen LogP contribution in [0.3, 0.4) is 0 Å². The monoisotopic (exact) mass is 339 g/mol. The lowest BCUT2D eigenvalue weighted by Crippen LogP contribution is -2.45. The molecular formula is C20H29N5. The molecule has 2 fully saturated rings. The maximum atomic E-state index is 9.01. The Morgan fingerprint density at radius 1 is 1.32 bits per heavy atom. The van der Waals surface area contributed by atoms with Gasteiger partial charge in [0.25, 0.3) is 0 Å². The molecule has 25 heavy (non-hydrogen) atoms. The fraction of sp³-hybridized carbons (Fsp3) is 0.600.